The van der Waals surface area contributed by atoms with E-state index in [0.29, 0.717) is 5.75 Å². The average molecular weight is 402 g/mol. The number of nitrogens with zero attached hydrogens (tertiary/aromatic N) is 2. The molecule has 0 atom stereocenters. The molecular formula is C25H27N3O2. The first-order valence-electron chi connectivity index (χ1n) is 10.4. The monoisotopic (exact) mass is 401 g/mol. The second-order valence-electron chi connectivity index (χ2n) is 7.45. The molecular weight excluding hydrogens is 374 g/mol. The summed E-state index contributed by atoms with van der Waals surface area (Å²) in [6, 6.07) is 28.0. The van der Waals surface area contributed by atoms with Gasteiger partial charge in [-0.3, -0.25) is 9.69 Å². The molecule has 5 heteroatoms. The molecule has 0 spiro atoms. The summed E-state index contributed by atoms with van der Waals surface area (Å²) in [4.78, 5) is 17.0. The smallest absolute Gasteiger partial charge is 0.262 e. The molecule has 1 aliphatic heterocycles. The minimum absolute atomic E-state index is 0.00482. The quantitative estimate of drug-likeness (QED) is 0.649. The lowest BCUT2D eigenvalue weighted by Gasteiger charge is -2.36. The summed E-state index contributed by atoms with van der Waals surface area (Å²) in [7, 11) is 0. The number of nitrogens with one attached hydrogen (secondary N) is 1. The van der Waals surface area contributed by atoms with Gasteiger partial charge in [-0.2, -0.15) is 0 Å². The van der Waals surface area contributed by atoms with Gasteiger partial charge in [-0.15, -0.1) is 0 Å². The van der Waals surface area contributed by atoms with Crippen LogP contribution in [0.1, 0.15) is 5.56 Å². The van der Waals surface area contributed by atoms with Crippen LogP contribution in [-0.2, 0) is 11.3 Å². The lowest BCUT2D eigenvalue weighted by Crippen LogP contribution is -2.45. The van der Waals surface area contributed by atoms with Crippen LogP contribution in [0, 0.1) is 0 Å². The average Bonchev–Trinajstić information content (AvgIpc) is 2.80. The minimum atomic E-state index is -0.166. The van der Waals surface area contributed by atoms with Gasteiger partial charge in [0.05, 0.1) is 0 Å². The molecule has 0 aromatic heterocycles. The van der Waals surface area contributed by atoms with Gasteiger partial charge in [0.1, 0.15) is 5.75 Å². The molecule has 30 heavy (non-hydrogen) atoms. The second-order valence-corrected chi connectivity index (χ2v) is 7.45. The topological polar surface area (TPSA) is 44.8 Å². The Labute approximate surface area is 177 Å². The normalized spacial score (nSPS) is 14.3. The number of para-hydroxylation sites is 1. The van der Waals surface area contributed by atoms with Crippen molar-refractivity contribution < 1.29 is 9.53 Å². The molecule has 3 aromatic rings. The Kier molecular flexibility index (Phi) is 6.62. The standard InChI is InChI=1S/C25H27N3O2/c29-25(20-30-24-9-5-2-6-10-24)26-22-11-13-23(14-12-22)28-17-15-27(16-18-28)19-21-7-3-1-4-8-21/h1-14H,15-20H2,(H,26,29). The maximum Gasteiger partial charge on any atom is 0.262 e. The Bertz CT molecular complexity index is 922. The number of carbonyl (C=O) groups excluding carboxylic acids is 1. The summed E-state index contributed by atoms with van der Waals surface area (Å²) >= 11 is 0. The van der Waals surface area contributed by atoms with Gasteiger partial charge >= 0.3 is 0 Å². The fourth-order valence-electron chi connectivity index (χ4n) is 3.62. The van der Waals surface area contributed by atoms with Crippen LogP contribution in [0.25, 0.3) is 0 Å². The first kappa shape index (κ1) is 20.0. The van der Waals surface area contributed by atoms with Crippen molar-refractivity contribution in [1.82, 2.24) is 4.90 Å². The third kappa shape index (κ3) is 5.61. The van der Waals surface area contributed by atoms with Gasteiger partial charge in [-0.05, 0) is 42.0 Å². The molecule has 154 valence electrons. The van der Waals surface area contributed by atoms with E-state index < -0.39 is 0 Å². The van der Waals surface area contributed by atoms with E-state index in [9.17, 15) is 4.79 Å². The molecule has 0 radical (unpaired) electrons. The van der Waals surface area contributed by atoms with Crippen LogP contribution in [0.3, 0.4) is 0 Å². The highest BCUT2D eigenvalue weighted by atomic mass is 16.5. The molecule has 3 aromatic carbocycles. The summed E-state index contributed by atoms with van der Waals surface area (Å²) in [5.41, 5.74) is 3.33. The summed E-state index contributed by atoms with van der Waals surface area (Å²) in [5.74, 6) is 0.524. The number of ether oxygens (including phenoxy) is 1. The summed E-state index contributed by atoms with van der Waals surface area (Å²) in [6.07, 6.45) is 0. The van der Waals surface area contributed by atoms with Gasteiger partial charge in [0.15, 0.2) is 6.61 Å². The maximum absolute atomic E-state index is 12.1. The minimum Gasteiger partial charge on any atom is -0.484 e. The van der Waals surface area contributed by atoms with E-state index in [2.05, 4.69) is 57.6 Å². The van der Waals surface area contributed by atoms with E-state index in [-0.39, 0.29) is 12.5 Å². The van der Waals surface area contributed by atoms with Gasteiger partial charge in [-0.25, -0.2) is 0 Å². The van der Waals surface area contributed by atoms with Crippen LogP contribution in [0.4, 0.5) is 11.4 Å². The molecule has 1 fully saturated rings. The summed E-state index contributed by atoms with van der Waals surface area (Å²) < 4.78 is 5.49. The predicted molar refractivity (Wildman–Crippen MR) is 121 cm³/mol. The zero-order valence-corrected chi connectivity index (χ0v) is 17.0. The van der Waals surface area contributed by atoms with Crippen molar-refractivity contribution in [1.29, 1.82) is 0 Å². The molecule has 1 saturated heterocycles. The fraction of sp³-hybridized carbons (Fsp3) is 0.240. The molecule has 0 unspecified atom stereocenters. The van der Waals surface area contributed by atoms with Crippen LogP contribution in [0.5, 0.6) is 5.75 Å². The number of piperazine rings is 1. The van der Waals surface area contributed by atoms with Crippen molar-refractivity contribution in [2.45, 2.75) is 6.54 Å². The predicted octanol–water partition coefficient (Wildman–Crippen LogP) is 4.03. The number of hydrogen-bond donors (Lipinski definition) is 1. The fourth-order valence-corrected chi connectivity index (χ4v) is 3.62. The van der Waals surface area contributed by atoms with Gasteiger partial charge < -0.3 is 15.0 Å². The molecule has 0 bridgehead atoms. The molecule has 5 nitrogen and oxygen atoms in total. The van der Waals surface area contributed by atoms with Crippen molar-refractivity contribution in [2.24, 2.45) is 0 Å². The highest BCUT2D eigenvalue weighted by Gasteiger charge is 2.17. The molecule has 1 heterocycles. The van der Waals surface area contributed by atoms with Crippen molar-refractivity contribution in [3.63, 3.8) is 0 Å². The molecule has 0 saturated carbocycles. The lowest BCUT2D eigenvalue weighted by molar-refractivity contribution is -0.118. The summed E-state index contributed by atoms with van der Waals surface area (Å²) in [6.45, 7) is 5.10. The van der Waals surface area contributed by atoms with Crippen LogP contribution < -0.4 is 15.0 Å². The number of benzene rings is 3. The molecule has 1 aliphatic rings. The van der Waals surface area contributed by atoms with Gasteiger partial charge in [-0.1, -0.05) is 48.5 Å². The van der Waals surface area contributed by atoms with Crippen molar-refractivity contribution in [3.05, 3.63) is 90.5 Å². The first-order valence-corrected chi connectivity index (χ1v) is 10.4. The van der Waals surface area contributed by atoms with E-state index in [1.165, 1.54) is 11.3 Å². The Balaban J connectivity index is 1.23. The highest BCUT2D eigenvalue weighted by molar-refractivity contribution is 5.92. The van der Waals surface area contributed by atoms with E-state index in [1.54, 1.807) is 0 Å². The number of anilines is 2. The second kappa shape index (κ2) is 9.94. The van der Waals surface area contributed by atoms with Gasteiger partial charge in [0.25, 0.3) is 5.91 Å². The van der Waals surface area contributed by atoms with Crippen molar-refractivity contribution in [3.8, 4) is 5.75 Å². The maximum atomic E-state index is 12.1. The molecule has 0 aliphatic carbocycles. The number of rotatable bonds is 7. The molecule has 4 rings (SSSR count). The number of amides is 1. The Morgan fingerprint density at radius 3 is 2.10 bits per heavy atom. The SMILES string of the molecule is O=C(COc1ccccc1)Nc1ccc(N2CCN(Cc3ccccc3)CC2)cc1. The largest absolute Gasteiger partial charge is 0.484 e. The van der Waals surface area contributed by atoms with E-state index in [1.807, 2.05) is 42.5 Å². The molecule has 1 amide bonds. The number of carbonyl (C=O) groups is 1. The van der Waals surface area contributed by atoms with Crippen molar-refractivity contribution >= 4 is 17.3 Å². The van der Waals surface area contributed by atoms with Crippen LogP contribution in [-0.4, -0.2) is 43.6 Å². The molecule has 1 N–H and O–H groups in total. The van der Waals surface area contributed by atoms with E-state index in [0.717, 1.165) is 38.4 Å². The number of hydrogen-bond acceptors (Lipinski definition) is 4. The van der Waals surface area contributed by atoms with E-state index >= 15 is 0 Å². The summed E-state index contributed by atoms with van der Waals surface area (Å²) in [5, 5.41) is 2.89. The third-order valence-corrected chi connectivity index (χ3v) is 5.25. The Morgan fingerprint density at radius 2 is 1.43 bits per heavy atom. The lowest BCUT2D eigenvalue weighted by atomic mass is 10.2. The zero-order valence-electron chi connectivity index (χ0n) is 17.0. The highest BCUT2D eigenvalue weighted by Crippen LogP contribution is 2.20. The first-order chi connectivity index (χ1) is 14.8. The van der Waals surface area contributed by atoms with Crippen LogP contribution in [0.15, 0.2) is 84.9 Å². The van der Waals surface area contributed by atoms with E-state index in [4.69, 9.17) is 4.74 Å². The Morgan fingerprint density at radius 1 is 0.800 bits per heavy atom. The van der Waals surface area contributed by atoms with Crippen molar-refractivity contribution in [2.75, 3.05) is 43.0 Å². The zero-order chi connectivity index (χ0) is 20.6. The third-order valence-electron chi connectivity index (χ3n) is 5.25. The van der Waals surface area contributed by atoms with Gasteiger partial charge in [0.2, 0.25) is 0 Å². The van der Waals surface area contributed by atoms with Crippen LogP contribution in [0.2, 0.25) is 0 Å². The Hall–Kier alpha value is -3.31. The van der Waals surface area contributed by atoms with Gasteiger partial charge in [0, 0.05) is 44.1 Å². The van der Waals surface area contributed by atoms with Crippen LogP contribution >= 0.6 is 0 Å².